The molecule has 3 aromatic heterocycles. The molecule has 59 heavy (non-hydrogen) atoms. The van der Waals surface area contributed by atoms with Crippen LogP contribution in [0.3, 0.4) is 0 Å². The molecule has 276 valence electrons. The van der Waals surface area contributed by atoms with Gasteiger partial charge >= 0.3 is 0 Å². The number of benzene rings is 9. The fraction of sp³-hybridized carbons (Fsp3) is 0. The van der Waals surface area contributed by atoms with Crippen LogP contribution in [0.1, 0.15) is 0 Å². The van der Waals surface area contributed by atoms with Crippen LogP contribution >= 0.6 is 0 Å². The highest BCUT2D eigenvalue weighted by molar-refractivity contribution is 6.18. The van der Waals surface area contributed by atoms with E-state index < -0.39 is 0 Å². The lowest BCUT2D eigenvalue weighted by molar-refractivity contribution is 1.13. The predicted octanol–water partition coefficient (Wildman–Crippen LogP) is 14.8. The van der Waals surface area contributed by atoms with Gasteiger partial charge in [0.15, 0.2) is 0 Å². The number of rotatable bonds is 6. The van der Waals surface area contributed by atoms with E-state index in [0.717, 1.165) is 17.1 Å². The second-order valence-electron chi connectivity index (χ2n) is 15.4. The van der Waals surface area contributed by atoms with Crippen LogP contribution < -0.4 is 0 Å². The van der Waals surface area contributed by atoms with Crippen molar-refractivity contribution in [1.82, 2.24) is 13.7 Å². The van der Waals surface area contributed by atoms with Gasteiger partial charge in [0.2, 0.25) is 0 Å². The van der Waals surface area contributed by atoms with Crippen molar-refractivity contribution in [3.05, 3.63) is 225 Å². The lowest BCUT2D eigenvalue weighted by Crippen LogP contribution is -1.99. The molecule has 0 aliphatic rings. The maximum atomic E-state index is 2.47. The highest BCUT2D eigenvalue weighted by Gasteiger charge is 2.19. The first kappa shape index (κ1) is 33.3. The third-order valence-corrected chi connectivity index (χ3v) is 12.1. The highest BCUT2D eigenvalue weighted by Crippen LogP contribution is 2.40. The van der Waals surface area contributed by atoms with Gasteiger partial charge < -0.3 is 13.7 Å². The van der Waals surface area contributed by atoms with Gasteiger partial charge in [0, 0.05) is 50.2 Å². The Morgan fingerprint density at radius 1 is 0.237 bits per heavy atom. The Hall–Kier alpha value is -7.88. The first-order valence-electron chi connectivity index (χ1n) is 20.3. The van der Waals surface area contributed by atoms with Gasteiger partial charge in [0.1, 0.15) is 0 Å². The van der Waals surface area contributed by atoms with E-state index in [1.165, 1.54) is 87.9 Å². The van der Waals surface area contributed by atoms with E-state index in [1.807, 2.05) is 0 Å². The molecule has 0 aliphatic heterocycles. The maximum Gasteiger partial charge on any atom is 0.0635 e. The average molecular weight is 752 g/mol. The monoisotopic (exact) mass is 751 g/mol. The summed E-state index contributed by atoms with van der Waals surface area (Å²) in [5.41, 5.74) is 16.6. The molecule has 0 aliphatic carbocycles. The van der Waals surface area contributed by atoms with Crippen LogP contribution in [-0.2, 0) is 0 Å². The highest BCUT2D eigenvalue weighted by atomic mass is 15.0. The molecule has 0 amide bonds. The first-order chi connectivity index (χ1) is 29.3. The summed E-state index contributed by atoms with van der Waals surface area (Å²) in [5, 5.41) is 6.18. The number of nitrogens with zero attached hydrogens (tertiary/aromatic N) is 3. The Bertz CT molecular complexity index is 3420. The van der Waals surface area contributed by atoms with Crippen molar-refractivity contribution in [3.8, 4) is 50.4 Å². The Morgan fingerprint density at radius 3 is 1.36 bits per heavy atom. The quantitative estimate of drug-likeness (QED) is 0.161. The molecular weight excluding hydrogens is 715 g/mol. The van der Waals surface area contributed by atoms with Crippen molar-refractivity contribution in [1.29, 1.82) is 0 Å². The molecule has 12 rings (SSSR count). The second kappa shape index (κ2) is 13.4. The summed E-state index contributed by atoms with van der Waals surface area (Å²) in [6.07, 6.45) is 2.21. The van der Waals surface area contributed by atoms with E-state index >= 15 is 0 Å². The largest absolute Gasteiger partial charge is 0.316 e. The van der Waals surface area contributed by atoms with Gasteiger partial charge in [-0.05, 0) is 106 Å². The minimum atomic E-state index is 1.12. The molecule has 0 saturated heterocycles. The third-order valence-electron chi connectivity index (χ3n) is 12.1. The second-order valence-corrected chi connectivity index (χ2v) is 15.4. The summed E-state index contributed by atoms with van der Waals surface area (Å²) in [7, 11) is 0. The number of hydrogen-bond acceptors (Lipinski definition) is 0. The number of hydrogen-bond donors (Lipinski definition) is 0. The Labute approximate surface area is 341 Å². The Kier molecular flexibility index (Phi) is 7.54. The van der Waals surface area contributed by atoms with Crippen molar-refractivity contribution >= 4 is 54.5 Å². The van der Waals surface area contributed by atoms with Gasteiger partial charge in [-0.25, -0.2) is 0 Å². The molecule has 0 N–H and O–H groups in total. The number of para-hydroxylation sites is 1. The summed E-state index contributed by atoms with van der Waals surface area (Å²) < 4.78 is 7.22. The van der Waals surface area contributed by atoms with Crippen LogP contribution in [0.25, 0.3) is 105 Å². The van der Waals surface area contributed by atoms with Gasteiger partial charge in [0.25, 0.3) is 0 Å². The van der Waals surface area contributed by atoms with Crippen LogP contribution in [0.4, 0.5) is 0 Å². The normalized spacial score (nSPS) is 11.7. The molecule has 0 bridgehead atoms. The summed E-state index contributed by atoms with van der Waals surface area (Å²) in [5.74, 6) is 0. The minimum Gasteiger partial charge on any atom is -0.316 e. The van der Waals surface area contributed by atoms with Crippen LogP contribution in [0, 0.1) is 0 Å². The third kappa shape index (κ3) is 5.36. The zero-order chi connectivity index (χ0) is 38.9. The van der Waals surface area contributed by atoms with E-state index in [1.54, 1.807) is 0 Å². The van der Waals surface area contributed by atoms with Gasteiger partial charge in [0.05, 0.1) is 27.6 Å². The summed E-state index contributed by atoms with van der Waals surface area (Å²) >= 11 is 0. The van der Waals surface area contributed by atoms with Gasteiger partial charge in [-0.2, -0.15) is 0 Å². The van der Waals surface area contributed by atoms with E-state index in [4.69, 9.17) is 0 Å². The predicted molar refractivity (Wildman–Crippen MR) is 248 cm³/mol. The summed E-state index contributed by atoms with van der Waals surface area (Å²) in [4.78, 5) is 0. The van der Waals surface area contributed by atoms with Crippen LogP contribution in [0.5, 0.6) is 0 Å². The Morgan fingerprint density at radius 2 is 0.729 bits per heavy atom. The number of fused-ring (bicyclic) bond motifs is 8. The minimum absolute atomic E-state index is 1.12. The van der Waals surface area contributed by atoms with Crippen molar-refractivity contribution < 1.29 is 0 Å². The smallest absolute Gasteiger partial charge is 0.0635 e. The Balaban J connectivity index is 1.05. The van der Waals surface area contributed by atoms with Crippen molar-refractivity contribution in [2.75, 3.05) is 0 Å². The maximum absolute atomic E-state index is 2.47. The average Bonchev–Trinajstić information content (AvgIpc) is 4.00. The molecule has 3 heterocycles. The fourth-order valence-corrected chi connectivity index (χ4v) is 9.31. The summed E-state index contributed by atoms with van der Waals surface area (Å²) in [6.45, 7) is 0. The van der Waals surface area contributed by atoms with Crippen LogP contribution in [-0.4, -0.2) is 13.7 Å². The number of aromatic nitrogens is 3. The SMILES string of the molecule is c1ccc(-c2ccc(-n3ccc4c3ccc3c5ccccc5n(-c5cccc(-n6c7ccc(-c8ccccc8)cc7c7cc(-c8ccccc8)ccc76)c5)c34)cc2)cc1. The van der Waals surface area contributed by atoms with Gasteiger partial charge in [-0.15, -0.1) is 0 Å². The van der Waals surface area contributed by atoms with E-state index in [2.05, 4.69) is 238 Å². The lowest BCUT2D eigenvalue weighted by atomic mass is 10.0. The molecular formula is C56H37N3. The van der Waals surface area contributed by atoms with E-state index in [9.17, 15) is 0 Å². The topological polar surface area (TPSA) is 14.8 Å². The molecule has 0 saturated carbocycles. The lowest BCUT2D eigenvalue weighted by Gasteiger charge is -2.14. The van der Waals surface area contributed by atoms with E-state index in [-0.39, 0.29) is 0 Å². The molecule has 3 nitrogen and oxygen atoms in total. The molecule has 0 spiro atoms. The van der Waals surface area contributed by atoms with Gasteiger partial charge in [-0.1, -0.05) is 146 Å². The zero-order valence-corrected chi connectivity index (χ0v) is 32.2. The van der Waals surface area contributed by atoms with Crippen molar-refractivity contribution in [2.24, 2.45) is 0 Å². The molecule has 0 fully saturated rings. The molecule has 0 radical (unpaired) electrons. The molecule has 12 aromatic rings. The molecule has 9 aromatic carbocycles. The fourth-order valence-electron chi connectivity index (χ4n) is 9.31. The molecule has 3 heteroatoms. The van der Waals surface area contributed by atoms with Crippen molar-refractivity contribution in [3.63, 3.8) is 0 Å². The first-order valence-corrected chi connectivity index (χ1v) is 20.3. The van der Waals surface area contributed by atoms with E-state index in [0.29, 0.717) is 0 Å². The standard InChI is InChI=1S/C56H37N3/c1-4-13-38(14-5-1)41-23-27-44(28-24-41)57-34-33-49-52(57)32-29-48-47-21-10-11-22-53(47)59(56(48)49)46-20-12-19-45(37-46)58-54-30-25-42(39-15-6-2-7-16-39)35-50(54)51-36-43(26-31-55(51)58)40-17-8-3-9-18-40/h1-37H. The summed E-state index contributed by atoms with van der Waals surface area (Å²) in [6, 6.07) is 79.4. The van der Waals surface area contributed by atoms with Crippen LogP contribution in [0.2, 0.25) is 0 Å². The molecule has 0 atom stereocenters. The molecule has 0 unspecified atom stereocenters. The van der Waals surface area contributed by atoms with Crippen molar-refractivity contribution in [2.45, 2.75) is 0 Å². The zero-order valence-electron chi connectivity index (χ0n) is 32.2. The van der Waals surface area contributed by atoms with Gasteiger partial charge in [-0.3, -0.25) is 0 Å². The van der Waals surface area contributed by atoms with Crippen LogP contribution in [0.15, 0.2) is 225 Å².